The summed E-state index contributed by atoms with van der Waals surface area (Å²) in [5.74, 6) is -1.60. The van der Waals surface area contributed by atoms with Gasteiger partial charge in [-0.15, -0.1) is 0 Å². The van der Waals surface area contributed by atoms with E-state index >= 15 is 4.39 Å². The summed E-state index contributed by atoms with van der Waals surface area (Å²) in [6.07, 6.45) is -0.946. The van der Waals surface area contributed by atoms with Crippen LogP contribution < -0.4 is 20.4 Å². The van der Waals surface area contributed by atoms with E-state index in [0.29, 0.717) is 16.8 Å². The number of halogens is 1. The molecule has 4 heterocycles. The van der Waals surface area contributed by atoms with Crippen molar-refractivity contribution >= 4 is 40.3 Å². The minimum Gasteiger partial charge on any atom is -0.372 e. The van der Waals surface area contributed by atoms with Crippen molar-refractivity contribution in [3.63, 3.8) is 0 Å². The maximum atomic E-state index is 15.8. The molecule has 5 rings (SSSR count). The van der Waals surface area contributed by atoms with Crippen molar-refractivity contribution < 1.29 is 28.0 Å². The average Bonchev–Trinajstić information content (AvgIpc) is 3.09. The van der Waals surface area contributed by atoms with Crippen LogP contribution in [0.5, 0.6) is 0 Å². The second kappa shape index (κ2) is 6.39. The Hall–Kier alpha value is -3.21. The summed E-state index contributed by atoms with van der Waals surface area (Å²) < 4.78 is 27.0. The molecule has 0 bridgehead atoms. The summed E-state index contributed by atoms with van der Waals surface area (Å²) >= 11 is 0. The number of carbonyl (C=O) groups is 3. The Morgan fingerprint density at radius 3 is 2.55 bits per heavy atom. The third-order valence-corrected chi connectivity index (χ3v) is 6.37. The monoisotopic (exact) mass is 431 g/mol. The van der Waals surface area contributed by atoms with Crippen LogP contribution in [0.3, 0.4) is 0 Å². The quantitative estimate of drug-likeness (QED) is 0.641. The van der Waals surface area contributed by atoms with E-state index in [1.165, 1.54) is 0 Å². The number of fused-ring (bicyclic) bond motifs is 5. The number of benzene rings is 1. The molecule has 4 amide bonds. The van der Waals surface area contributed by atoms with Gasteiger partial charge in [-0.3, -0.25) is 20.2 Å². The highest BCUT2D eigenvalue weighted by Crippen LogP contribution is 2.49. The molecule has 31 heavy (non-hydrogen) atoms. The van der Waals surface area contributed by atoms with Gasteiger partial charge in [0.2, 0.25) is 17.4 Å². The van der Waals surface area contributed by atoms with Crippen molar-refractivity contribution in [1.82, 2.24) is 15.8 Å². The van der Waals surface area contributed by atoms with Crippen molar-refractivity contribution in [3.05, 3.63) is 17.4 Å². The average molecular weight is 431 g/mol. The fraction of sp³-hybridized carbons (Fsp3) is 0.500. The minimum absolute atomic E-state index is 0.0108. The Morgan fingerprint density at radius 2 is 1.90 bits per heavy atom. The highest BCUT2D eigenvalue weighted by Gasteiger charge is 2.63. The van der Waals surface area contributed by atoms with E-state index in [-0.39, 0.29) is 30.3 Å². The maximum absolute atomic E-state index is 15.8. The molecule has 3 aliphatic rings. The van der Waals surface area contributed by atoms with Crippen LogP contribution in [-0.2, 0) is 20.7 Å². The number of hydrogen-bond acceptors (Lipinski definition) is 8. The Morgan fingerprint density at radius 1 is 1.23 bits per heavy atom. The van der Waals surface area contributed by atoms with Crippen LogP contribution in [0.4, 0.5) is 20.7 Å². The van der Waals surface area contributed by atoms with Crippen LogP contribution in [0, 0.1) is 11.2 Å². The molecular formula is C20H22FN5O5. The molecule has 3 aliphatic heterocycles. The van der Waals surface area contributed by atoms with Gasteiger partial charge >= 0.3 is 6.03 Å². The number of anilines is 2. The van der Waals surface area contributed by atoms with Gasteiger partial charge in [-0.05, 0) is 25.5 Å². The summed E-state index contributed by atoms with van der Waals surface area (Å²) in [5.41, 5.74) is -0.912. The number of hydrogen-bond donors (Lipinski definition) is 2. The third-order valence-electron chi connectivity index (χ3n) is 6.37. The van der Waals surface area contributed by atoms with E-state index in [2.05, 4.69) is 15.8 Å². The number of ether oxygens (including phenoxy) is 1. The molecule has 164 valence electrons. The number of morpholine rings is 1. The van der Waals surface area contributed by atoms with Gasteiger partial charge in [0, 0.05) is 27.1 Å². The van der Waals surface area contributed by atoms with Crippen LogP contribution in [0.15, 0.2) is 10.6 Å². The van der Waals surface area contributed by atoms with Gasteiger partial charge in [0.25, 0.3) is 0 Å². The number of amides is 4. The predicted molar refractivity (Wildman–Crippen MR) is 107 cm³/mol. The van der Waals surface area contributed by atoms with Gasteiger partial charge in [0.1, 0.15) is 0 Å². The van der Waals surface area contributed by atoms with E-state index in [4.69, 9.17) is 9.26 Å². The van der Waals surface area contributed by atoms with Crippen molar-refractivity contribution in [2.45, 2.75) is 38.5 Å². The number of nitrogens with zero attached hydrogens (tertiary/aromatic N) is 3. The molecule has 0 radical (unpaired) electrons. The van der Waals surface area contributed by atoms with E-state index in [1.807, 2.05) is 6.92 Å². The molecule has 0 aliphatic carbocycles. The number of carbonyl (C=O) groups excluding carboxylic acids is 3. The lowest BCUT2D eigenvalue weighted by Gasteiger charge is -2.55. The predicted octanol–water partition coefficient (Wildman–Crippen LogP) is 0.924. The molecule has 0 saturated carbocycles. The Labute approximate surface area is 176 Å². The molecule has 2 fully saturated rings. The van der Waals surface area contributed by atoms with Gasteiger partial charge in [0.15, 0.2) is 17.1 Å². The summed E-state index contributed by atoms with van der Waals surface area (Å²) in [5, 5.41) is 8.85. The molecule has 1 aromatic carbocycles. The minimum atomic E-state index is -1.66. The third kappa shape index (κ3) is 2.52. The molecule has 10 nitrogen and oxygen atoms in total. The molecule has 2 aromatic rings. The maximum Gasteiger partial charge on any atom is 0.328 e. The Bertz CT molecular complexity index is 1120. The smallest absolute Gasteiger partial charge is 0.328 e. The Kier molecular flexibility index (Phi) is 4.07. The molecule has 1 spiro atoms. The fourth-order valence-corrected chi connectivity index (χ4v) is 5.26. The Balaban J connectivity index is 1.79. The first-order valence-electron chi connectivity index (χ1n) is 10.0. The summed E-state index contributed by atoms with van der Waals surface area (Å²) in [6, 6.07) is 0.0260. The van der Waals surface area contributed by atoms with Crippen LogP contribution in [0.25, 0.3) is 11.0 Å². The van der Waals surface area contributed by atoms with Gasteiger partial charge in [-0.2, -0.15) is 0 Å². The normalized spacial score (nSPS) is 27.1. The van der Waals surface area contributed by atoms with Gasteiger partial charge < -0.3 is 19.1 Å². The fourth-order valence-electron chi connectivity index (χ4n) is 5.26. The zero-order valence-electron chi connectivity index (χ0n) is 17.5. The SMILES string of the molecule is C[C@@H]1CN2c3c(cc4c(N(C)C)noc4c3F)CC3(C(=O)NC(=O)NC3=O)[C@H]2[C@H](C)O1. The van der Waals surface area contributed by atoms with E-state index in [0.717, 1.165) is 0 Å². The van der Waals surface area contributed by atoms with E-state index in [9.17, 15) is 14.4 Å². The van der Waals surface area contributed by atoms with Crippen LogP contribution in [0.2, 0.25) is 0 Å². The summed E-state index contributed by atoms with van der Waals surface area (Å²) in [4.78, 5) is 41.5. The van der Waals surface area contributed by atoms with E-state index in [1.54, 1.807) is 36.9 Å². The van der Waals surface area contributed by atoms with Crippen molar-refractivity contribution in [2.24, 2.45) is 5.41 Å². The number of barbiturate groups is 1. The zero-order valence-corrected chi connectivity index (χ0v) is 17.5. The van der Waals surface area contributed by atoms with Crippen molar-refractivity contribution in [1.29, 1.82) is 0 Å². The number of nitrogens with one attached hydrogen (secondary N) is 2. The lowest BCUT2D eigenvalue weighted by Crippen LogP contribution is -2.75. The topological polar surface area (TPSA) is 117 Å². The lowest BCUT2D eigenvalue weighted by molar-refractivity contribution is -0.153. The van der Waals surface area contributed by atoms with Crippen LogP contribution in [-0.4, -0.2) is 61.9 Å². The molecule has 0 unspecified atom stereocenters. The van der Waals surface area contributed by atoms with Crippen LogP contribution in [0.1, 0.15) is 19.4 Å². The first-order chi connectivity index (χ1) is 14.6. The molecular weight excluding hydrogens is 409 g/mol. The number of imide groups is 2. The zero-order chi connectivity index (χ0) is 22.2. The highest BCUT2D eigenvalue weighted by molar-refractivity contribution is 6.20. The largest absolute Gasteiger partial charge is 0.372 e. The van der Waals surface area contributed by atoms with E-state index < -0.39 is 41.2 Å². The first kappa shape index (κ1) is 19.7. The lowest BCUT2D eigenvalue weighted by atomic mass is 9.66. The molecule has 1 aromatic heterocycles. The summed E-state index contributed by atoms with van der Waals surface area (Å²) in [6.45, 7) is 3.84. The van der Waals surface area contributed by atoms with Gasteiger partial charge in [0.05, 0.1) is 29.3 Å². The van der Waals surface area contributed by atoms with Crippen molar-refractivity contribution in [3.8, 4) is 0 Å². The van der Waals surface area contributed by atoms with Gasteiger partial charge in [-0.1, -0.05) is 5.16 Å². The second-order valence-electron chi connectivity index (χ2n) is 8.61. The number of aromatic nitrogens is 1. The van der Waals surface area contributed by atoms with Crippen molar-refractivity contribution in [2.75, 3.05) is 30.4 Å². The molecule has 2 saturated heterocycles. The summed E-state index contributed by atoms with van der Waals surface area (Å²) in [7, 11) is 3.51. The number of urea groups is 1. The molecule has 3 atom stereocenters. The molecule has 11 heteroatoms. The first-order valence-corrected chi connectivity index (χ1v) is 10.0. The molecule has 2 N–H and O–H groups in total. The van der Waals surface area contributed by atoms with Crippen LogP contribution >= 0.6 is 0 Å². The standard InChI is InChI=1S/C20H22FN5O5/c1-8-7-26-13-10(5-11-14(12(13)21)31-24-16(11)25(3)4)6-20(15(26)9(2)30-8)17(27)22-19(29)23-18(20)28/h5,8-9,15H,6-7H2,1-4H3,(H2,22,23,27,28,29)/t8-,9+,15-/m1/s1. The van der Waals surface area contributed by atoms with Gasteiger partial charge in [-0.25, -0.2) is 9.18 Å². The number of rotatable bonds is 1. The highest BCUT2D eigenvalue weighted by atomic mass is 19.1. The second-order valence-corrected chi connectivity index (χ2v) is 8.61.